The van der Waals surface area contributed by atoms with Gasteiger partial charge in [-0.25, -0.2) is 13.1 Å². The summed E-state index contributed by atoms with van der Waals surface area (Å²) in [5.41, 5.74) is 0.149. The third-order valence-corrected chi connectivity index (χ3v) is 4.17. The van der Waals surface area contributed by atoms with E-state index in [1.807, 2.05) is 0 Å². The zero-order chi connectivity index (χ0) is 14.6. The van der Waals surface area contributed by atoms with E-state index < -0.39 is 14.9 Å². The van der Waals surface area contributed by atoms with Crippen molar-refractivity contribution in [2.45, 2.75) is 18.7 Å². The van der Waals surface area contributed by atoms with E-state index in [0.717, 1.165) is 6.07 Å². The number of rotatable bonds is 6. The van der Waals surface area contributed by atoms with E-state index in [9.17, 15) is 18.5 Å². The minimum atomic E-state index is -3.82. The number of hydrogen-bond acceptors (Lipinski definition) is 5. The smallest absolute Gasteiger partial charge is 0.270 e. The number of hydrogen-bond donors (Lipinski definition) is 2. The molecule has 1 unspecified atom stereocenters. The first-order valence-electron chi connectivity index (χ1n) is 5.63. The number of aliphatic hydroxyl groups is 1. The first-order chi connectivity index (χ1) is 8.77. The van der Waals surface area contributed by atoms with Crippen molar-refractivity contribution in [1.82, 2.24) is 4.72 Å². The summed E-state index contributed by atoms with van der Waals surface area (Å²) in [7, 11) is -3.82. The maximum absolute atomic E-state index is 12.0. The molecule has 106 valence electrons. The van der Waals surface area contributed by atoms with Crippen LogP contribution in [0.25, 0.3) is 0 Å². The van der Waals surface area contributed by atoms with E-state index in [2.05, 4.69) is 4.72 Å². The molecule has 19 heavy (non-hydrogen) atoms. The number of nitro groups is 1. The molecule has 0 aliphatic heterocycles. The largest absolute Gasteiger partial charge is 0.396 e. The molecule has 2 N–H and O–H groups in total. The molecule has 7 nitrogen and oxygen atoms in total. The topological polar surface area (TPSA) is 110 Å². The summed E-state index contributed by atoms with van der Waals surface area (Å²) in [6.45, 7) is 3.17. The SMILES string of the molecule is Cc1ccc([N+](=O)[O-])cc1S(=O)(=O)NCC(C)CO. The molecule has 1 atom stereocenters. The summed E-state index contributed by atoms with van der Waals surface area (Å²) in [5, 5.41) is 19.5. The van der Waals surface area contributed by atoms with Gasteiger partial charge in [-0.3, -0.25) is 10.1 Å². The fourth-order valence-electron chi connectivity index (χ4n) is 1.39. The molecule has 0 saturated carbocycles. The highest BCUT2D eigenvalue weighted by Gasteiger charge is 2.20. The Morgan fingerprint density at radius 2 is 2.11 bits per heavy atom. The summed E-state index contributed by atoms with van der Waals surface area (Å²) >= 11 is 0. The van der Waals surface area contributed by atoms with Crippen LogP contribution < -0.4 is 4.72 Å². The molecule has 1 rings (SSSR count). The highest BCUT2D eigenvalue weighted by molar-refractivity contribution is 7.89. The van der Waals surface area contributed by atoms with Crippen molar-refractivity contribution in [3.05, 3.63) is 33.9 Å². The number of nitrogens with zero attached hydrogens (tertiary/aromatic N) is 1. The predicted molar refractivity (Wildman–Crippen MR) is 69.3 cm³/mol. The standard InChI is InChI=1S/C11H16N2O5S/c1-8(7-14)6-12-19(17,18)11-5-10(13(15)16)4-3-9(11)2/h3-5,8,12,14H,6-7H2,1-2H3. The normalized spacial score (nSPS) is 13.2. The van der Waals surface area contributed by atoms with E-state index >= 15 is 0 Å². The van der Waals surface area contributed by atoms with Crippen molar-refractivity contribution >= 4 is 15.7 Å². The van der Waals surface area contributed by atoms with Crippen molar-refractivity contribution < 1.29 is 18.4 Å². The van der Waals surface area contributed by atoms with Gasteiger partial charge in [0.1, 0.15) is 0 Å². The van der Waals surface area contributed by atoms with Crippen molar-refractivity contribution in [2.24, 2.45) is 5.92 Å². The maximum Gasteiger partial charge on any atom is 0.270 e. The minimum absolute atomic E-state index is 0.0704. The van der Waals surface area contributed by atoms with Gasteiger partial charge in [-0.2, -0.15) is 0 Å². The van der Waals surface area contributed by atoms with Crippen LogP contribution in [0.4, 0.5) is 5.69 Å². The molecule has 0 spiro atoms. The molecular formula is C11H16N2O5S. The average Bonchev–Trinajstić information content (AvgIpc) is 2.36. The molecule has 8 heteroatoms. The van der Waals surface area contributed by atoms with Gasteiger partial charge in [-0.05, 0) is 18.4 Å². The molecule has 0 aliphatic carbocycles. The third-order valence-electron chi connectivity index (χ3n) is 2.61. The Bertz CT molecular complexity index is 570. The lowest BCUT2D eigenvalue weighted by Crippen LogP contribution is -2.30. The number of aliphatic hydroxyl groups excluding tert-OH is 1. The van der Waals surface area contributed by atoms with E-state index in [0.29, 0.717) is 5.56 Å². The van der Waals surface area contributed by atoms with Crippen molar-refractivity contribution in [3.8, 4) is 0 Å². The zero-order valence-electron chi connectivity index (χ0n) is 10.7. The Morgan fingerprint density at radius 1 is 1.47 bits per heavy atom. The Balaban J connectivity index is 3.06. The quantitative estimate of drug-likeness (QED) is 0.594. The van der Waals surface area contributed by atoms with Crippen LogP contribution >= 0.6 is 0 Å². The highest BCUT2D eigenvalue weighted by Crippen LogP contribution is 2.21. The molecule has 1 aromatic rings. The Labute approximate surface area is 111 Å². The number of aryl methyl sites for hydroxylation is 1. The summed E-state index contributed by atoms with van der Waals surface area (Å²) in [4.78, 5) is 9.90. The Kier molecular flexibility index (Phi) is 4.98. The first kappa shape index (κ1) is 15.5. The zero-order valence-corrected chi connectivity index (χ0v) is 11.5. The maximum atomic E-state index is 12.0. The average molecular weight is 288 g/mol. The lowest BCUT2D eigenvalue weighted by Gasteiger charge is -2.11. The first-order valence-corrected chi connectivity index (χ1v) is 7.12. The number of non-ortho nitro benzene ring substituents is 1. The molecule has 0 aliphatic rings. The van der Waals surface area contributed by atoms with Crippen LogP contribution in [-0.2, 0) is 10.0 Å². The second-order valence-electron chi connectivity index (χ2n) is 4.35. The number of benzene rings is 1. The van der Waals surface area contributed by atoms with Gasteiger partial charge in [0.25, 0.3) is 5.69 Å². The van der Waals surface area contributed by atoms with Gasteiger partial charge in [0.05, 0.1) is 9.82 Å². The van der Waals surface area contributed by atoms with E-state index in [4.69, 9.17) is 5.11 Å². The number of sulfonamides is 1. The minimum Gasteiger partial charge on any atom is -0.396 e. The van der Waals surface area contributed by atoms with Crippen LogP contribution in [0.15, 0.2) is 23.1 Å². The van der Waals surface area contributed by atoms with Crippen LogP contribution in [0.3, 0.4) is 0 Å². The summed E-state index contributed by atoms with van der Waals surface area (Å²) in [6.07, 6.45) is 0. The fourth-order valence-corrected chi connectivity index (χ4v) is 2.81. The van der Waals surface area contributed by atoms with Gasteiger partial charge < -0.3 is 5.11 Å². The van der Waals surface area contributed by atoms with Crippen LogP contribution in [0.1, 0.15) is 12.5 Å². The van der Waals surface area contributed by atoms with E-state index in [1.165, 1.54) is 12.1 Å². The van der Waals surface area contributed by atoms with Gasteiger partial charge in [0, 0.05) is 25.3 Å². The van der Waals surface area contributed by atoms with Gasteiger partial charge >= 0.3 is 0 Å². The number of nitrogens with one attached hydrogen (secondary N) is 1. The highest BCUT2D eigenvalue weighted by atomic mass is 32.2. The summed E-state index contributed by atoms with van der Waals surface area (Å²) in [5.74, 6) is -0.228. The van der Waals surface area contributed by atoms with Gasteiger partial charge in [0.2, 0.25) is 10.0 Å². The molecule has 0 fully saturated rings. The van der Waals surface area contributed by atoms with Crippen LogP contribution in [0, 0.1) is 23.0 Å². The van der Waals surface area contributed by atoms with Gasteiger partial charge in [-0.1, -0.05) is 13.0 Å². The van der Waals surface area contributed by atoms with Crippen molar-refractivity contribution in [2.75, 3.05) is 13.2 Å². The monoisotopic (exact) mass is 288 g/mol. The van der Waals surface area contributed by atoms with Crippen LogP contribution in [-0.4, -0.2) is 31.6 Å². The molecule has 1 aromatic carbocycles. The molecule has 0 radical (unpaired) electrons. The lowest BCUT2D eigenvalue weighted by atomic mass is 10.2. The van der Waals surface area contributed by atoms with E-state index in [1.54, 1.807) is 13.8 Å². The molecule has 0 heterocycles. The summed E-state index contributed by atoms with van der Waals surface area (Å²) in [6, 6.07) is 3.67. The summed E-state index contributed by atoms with van der Waals surface area (Å²) < 4.78 is 26.4. The van der Waals surface area contributed by atoms with Gasteiger partial charge in [0.15, 0.2) is 0 Å². The van der Waals surface area contributed by atoms with Gasteiger partial charge in [-0.15, -0.1) is 0 Å². The third kappa shape index (κ3) is 3.98. The Morgan fingerprint density at radius 3 is 2.63 bits per heavy atom. The number of nitro benzene ring substituents is 1. The molecule has 0 amide bonds. The molecule has 0 saturated heterocycles. The fraction of sp³-hybridized carbons (Fsp3) is 0.455. The molecule has 0 bridgehead atoms. The van der Waals surface area contributed by atoms with E-state index in [-0.39, 0.29) is 29.7 Å². The van der Waals surface area contributed by atoms with Crippen LogP contribution in [0.2, 0.25) is 0 Å². The van der Waals surface area contributed by atoms with Crippen molar-refractivity contribution in [1.29, 1.82) is 0 Å². The predicted octanol–water partition coefficient (Wildman–Crippen LogP) is 0.810. The van der Waals surface area contributed by atoms with Crippen molar-refractivity contribution in [3.63, 3.8) is 0 Å². The second-order valence-corrected chi connectivity index (χ2v) is 6.08. The molecular weight excluding hydrogens is 272 g/mol. The van der Waals surface area contributed by atoms with Crippen LogP contribution in [0.5, 0.6) is 0 Å². The molecule has 0 aromatic heterocycles. The Hall–Kier alpha value is -1.51. The second kappa shape index (κ2) is 6.09. The lowest BCUT2D eigenvalue weighted by molar-refractivity contribution is -0.385.